The predicted molar refractivity (Wildman–Crippen MR) is 79.4 cm³/mol. The van der Waals surface area contributed by atoms with Crippen LogP contribution in [-0.4, -0.2) is 36.5 Å². The van der Waals surface area contributed by atoms with E-state index in [4.69, 9.17) is 5.73 Å². The average molecular weight is 273 g/mol. The number of carbonyl (C=O) groups excluding carboxylic acids is 1. The van der Waals surface area contributed by atoms with Gasteiger partial charge in [-0.25, -0.2) is 0 Å². The molecule has 1 aromatic carbocycles. The average Bonchev–Trinajstić information content (AvgIpc) is 2.48. The molecule has 1 heterocycles. The molecule has 3 N–H and O–H groups in total. The minimum atomic E-state index is -0.215. The van der Waals surface area contributed by atoms with Crippen LogP contribution in [0.4, 0.5) is 0 Å². The number of nitrogens with zero attached hydrogens (tertiary/aromatic N) is 1. The number of rotatable bonds is 2. The van der Waals surface area contributed by atoms with Gasteiger partial charge in [0.1, 0.15) is 6.04 Å². The molecule has 3 rings (SSSR count). The number of primary amides is 1. The van der Waals surface area contributed by atoms with Gasteiger partial charge in [-0.2, -0.15) is 0 Å². The van der Waals surface area contributed by atoms with Crippen LogP contribution in [0.5, 0.6) is 0 Å². The fraction of sp³-hybridized carbons (Fsp3) is 0.562. The highest BCUT2D eigenvalue weighted by atomic mass is 16.1. The van der Waals surface area contributed by atoms with Crippen molar-refractivity contribution in [3.05, 3.63) is 35.4 Å². The van der Waals surface area contributed by atoms with E-state index in [1.807, 2.05) is 0 Å². The van der Waals surface area contributed by atoms with Gasteiger partial charge in [0.25, 0.3) is 0 Å². The summed E-state index contributed by atoms with van der Waals surface area (Å²) in [6, 6.07) is 8.81. The summed E-state index contributed by atoms with van der Waals surface area (Å²) in [5.41, 5.74) is 8.41. The molecule has 1 aromatic rings. The molecule has 0 aromatic heterocycles. The van der Waals surface area contributed by atoms with E-state index in [0.717, 1.165) is 19.5 Å². The Kier molecular flexibility index (Phi) is 3.76. The maximum absolute atomic E-state index is 11.7. The first kappa shape index (κ1) is 13.6. The Labute approximate surface area is 120 Å². The van der Waals surface area contributed by atoms with Gasteiger partial charge in [0.2, 0.25) is 5.91 Å². The third-order valence-corrected chi connectivity index (χ3v) is 4.77. The van der Waals surface area contributed by atoms with Gasteiger partial charge in [0.05, 0.1) is 0 Å². The molecule has 1 fully saturated rings. The van der Waals surface area contributed by atoms with E-state index in [1.165, 1.54) is 17.5 Å². The molecule has 0 bridgehead atoms. The lowest BCUT2D eigenvalue weighted by Crippen LogP contribution is -2.58. The molecule has 1 aliphatic carbocycles. The van der Waals surface area contributed by atoms with Gasteiger partial charge in [-0.3, -0.25) is 9.69 Å². The SMILES string of the molecule is CC1CCC(N2CCNCC2C(N)=O)c2ccccc21. The van der Waals surface area contributed by atoms with E-state index in [0.29, 0.717) is 18.5 Å². The summed E-state index contributed by atoms with van der Waals surface area (Å²) in [5.74, 6) is 0.394. The van der Waals surface area contributed by atoms with E-state index in [9.17, 15) is 4.79 Å². The molecule has 4 nitrogen and oxygen atoms in total. The number of fused-ring (bicyclic) bond motifs is 1. The second-order valence-electron chi connectivity index (χ2n) is 5.98. The third-order valence-electron chi connectivity index (χ3n) is 4.77. The van der Waals surface area contributed by atoms with Crippen molar-refractivity contribution in [1.29, 1.82) is 0 Å². The first-order valence-electron chi connectivity index (χ1n) is 7.53. The van der Waals surface area contributed by atoms with Crippen LogP contribution in [0.15, 0.2) is 24.3 Å². The molecule has 0 spiro atoms. The molecule has 1 saturated heterocycles. The molecule has 4 heteroatoms. The number of hydrogen-bond donors (Lipinski definition) is 2. The summed E-state index contributed by atoms with van der Waals surface area (Å²) < 4.78 is 0. The van der Waals surface area contributed by atoms with Crippen LogP contribution in [0.25, 0.3) is 0 Å². The number of amides is 1. The molecule has 3 atom stereocenters. The minimum absolute atomic E-state index is 0.185. The fourth-order valence-electron chi connectivity index (χ4n) is 3.68. The maximum atomic E-state index is 11.7. The van der Waals surface area contributed by atoms with Crippen molar-refractivity contribution in [2.75, 3.05) is 19.6 Å². The van der Waals surface area contributed by atoms with Gasteiger partial charge in [-0.1, -0.05) is 31.2 Å². The highest BCUT2D eigenvalue weighted by Gasteiger charge is 2.36. The first-order chi connectivity index (χ1) is 9.68. The number of piperazine rings is 1. The Morgan fingerprint density at radius 3 is 2.80 bits per heavy atom. The maximum Gasteiger partial charge on any atom is 0.236 e. The Hall–Kier alpha value is -1.39. The molecule has 1 aliphatic heterocycles. The van der Waals surface area contributed by atoms with Crippen LogP contribution in [0.1, 0.15) is 42.9 Å². The van der Waals surface area contributed by atoms with E-state index >= 15 is 0 Å². The summed E-state index contributed by atoms with van der Waals surface area (Å²) in [6.07, 6.45) is 2.29. The lowest BCUT2D eigenvalue weighted by Gasteiger charge is -2.43. The van der Waals surface area contributed by atoms with Crippen molar-refractivity contribution in [2.24, 2.45) is 5.73 Å². The van der Waals surface area contributed by atoms with Crippen LogP contribution < -0.4 is 11.1 Å². The summed E-state index contributed by atoms with van der Waals surface area (Å²) in [5, 5.41) is 3.28. The molecular weight excluding hydrogens is 250 g/mol. The number of nitrogens with two attached hydrogens (primary N) is 1. The van der Waals surface area contributed by atoms with Crippen molar-refractivity contribution < 1.29 is 4.79 Å². The minimum Gasteiger partial charge on any atom is -0.368 e. The van der Waals surface area contributed by atoms with Gasteiger partial charge < -0.3 is 11.1 Å². The van der Waals surface area contributed by atoms with Crippen molar-refractivity contribution in [1.82, 2.24) is 10.2 Å². The lowest BCUT2D eigenvalue weighted by molar-refractivity contribution is -0.125. The zero-order valence-electron chi connectivity index (χ0n) is 12.0. The van der Waals surface area contributed by atoms with Gasteiger partial charge in [0, 0.05) is 25.7 Å². The third kappa shape index (κ3) is 2.34. The Morgan fingerprint density at radius 2 is 2.05 bits per heavy atom. The van der Waals surface area contributed by atoms with Gasteiger partial charge in [-0.05, 0) is 29.9 Å². The highest BCUT2D eigenvalue weighted by Crippen LogP contribution is 2.41. The number of carbonyl (C=O) groups is 1. The molecule has 3 unspecified atom stereocenters. The number of benzene rings is 1. The topological polar surface area (TPSA) is 58.4 Å². The molecule has 108 valence electrons. The highest BCUT2D eigenvalue weighted by molar-refractivity contribution is 5.80. The Bertz CT molecular complexity index is 502. The zero-order valence-corrected chi connectivity index (χ0v) is 12.0. The van der Waals surface area contributed by atoms with E-state index < -0.39 is 0 Å². The van der Waals surface area contributed by atoms with E-state index in [2.05, 4.69) is 41.4 Å². The largest absolute Gasteiger partial charge is 0.368 e. The molecular formula is C16H23N3O. The Balaban J connectivity index is 1.93. The second-order valence-corrected chi connectivity index (χ2v) is 5.98. The van der Waals surface area contributed by atoms with Gasteiger partial charge >= 0.3 is 0 Å². The van der Waals surface area contributed by atoms with Crippen molar-refractivity contribution in [2.45, 2.75) is 37.8 Å². The van der Waals surface area contributed by atoms with Crippen LogP contribution >= 0.6 is 0 Å². The standard InChI is InChI=1S/C16H23N3O/c1-11-6-7-14(13-5-3-2-4-12(11)13)19-9-8-18-10-15(19)16(17)20/h2-5,11,14-15,18H,6-10H2,1H3,(H2,17,20). The van der Waals surface area contributed by atoms with Crippen molar-refractivity contribution in [3.63, 3.8) is 0 Å². The van der Waals surface area contributed by atoms with Crippen molar-refractivity contribution >= 4 is 5.91 Å². The Morgan fingerprint density at radius 1 is 1.30 bits per heavy atom. The number of hydrogen-bond acceptors (Lipinski definition) is 3. The molecule has 0 saturated carbocycles. The molecule has 2 aliphatic rings. The van der Waals surface area contributed by atoms with Gasteiger partial charge in [0.15, 0.2) is 0 Å². The van der Waals surface area contributed by atoms with Crippen molar-refractivity contribution in [3.8, 4) is 0 Å². The number of nitrogens with one attached hydrogen (secondary N) is 1. The zero-order chi connectivity index (χ0) is 14.1. The quantitative estimate of drug-likeness (QED) is 0.856. The van der Waals surface area contributed by atoms with Crippen LogP contribution in [0, 0.1) is 0 Å². The lowest BCUT2D eigenvalue weighted by atomic mass is 9.80. The molecule has 1 amide bonds. The second kappa shape index (κ2) is 5.54. The normalized spacial score (nSPS) is 30.8. The van der Waals surface area contributed by atoms with Crippen LogP contribution in [-0.2, 0) is 4.79 Å². The van der Waals surface area contributed by atoms with E-state index in [1.54, 1.807) is 0 Å². The van der Waals surface area contributed by atoms with Crippen LogP contribution in [0.3, 0.4) is 0 Å². The fourth-order valence-corrected chi connectivity index (χ4v) is 3.68. The molecule has 20 heavy (non-hydrogen) atoms. The smallest absolute Gasteiger partial charge is 0.236 e. The van der Waals surface area contributed by atoms with Crippen LogP contribution in [0.2, 0.25) is 0 Å². The monoisotopic (exact) mass is 273 g/mol. The first-order valence-corrected chi connectivity index (χ1v) is 7.53. The van der Waals surface area contributed by atoms with E-state index in [-0.39, 0.29) is 11.9 Å². The van der Waals surface area contributed by atoms with Gasteiger partial charge in [-0.15, -0.1) is 0 Å². The molecule has 0 radical (unpaired) electrons. The summed E-state index contributed by atoms with van der Waals surface area (Å²) in [4.78, 5) is 14.0. The predicted octanol–water partition coefficient (Wildman–Crippen LogP) is 1.38. The summed E-state index contributed by atoms with van der Waals surface area (Å²) in [6.45, 7) is 4.78. The summed E-state index contributed by atoms with van der Waals surface area (Å²) >= 11 is 0. The summed E-state index contributed by atoms with van der Waals surface area (Å²) in [7, 11) is 0.